The lowest BCUT2D eigenvalue weighted by atomic mass is 10.0. The Labute approximate surface area is 236 Å². The molecule has 0 unspecified atom stereocenters. The van der Waals surface area contributed by atoms with Crippen molar-refractivity contribution in [2.45, 2.75) is 0 Å². The van der Waals surface area contributed by atoms with E-state index >= 15 is 0 Å². The fourth-order valence-corrected chi connectivity index (χ4v) is 5.68. The molecule has 0 aliphatic heterocycles. The summed E-state index contributed by atoms with van der Waals surface area (Å²) >= 11 is 0. The van der Waals surface area contributed by atoms with Crippen LogP contribution in [0.4, 0.5) is 0 Å². The van der Waals surface area contributed by atoms with Crippen molar-refractivity contribution in [1.82, 2.24) is 24.5 Å². The lowest BCUT2D eigenvalue weighted by Crippen LogP contribution is -1.95. The highest BCUT2D eigenvalue weighted by Gasteiger charge is 2.13. The van der Waals surface area contributed by atoms with Gasteiger partial charge in [0.2, 0.25) is 0 Å². The van der Waals surface area contributed by atoms with Crippen molar-refractivity contribution in [3.05, 3.63) is 140 Å². The van der Waals surface area contributed by atoms with Crippen LogP contribution in [0.2, 0.25) is 0 Å². The second kappa shape index (κ2) is 9.50. The van der Waals surface area contributed by atoms with Crippen molar-refractivity contribution in [1.29, 1.82) is 0 Å². The second-order valence-corrected chi connectivity index (χ2v) is 10.0. The normalized spacial score (nSPS) is 11.4. The molecular weight excluding hydrogens is 502 g/mol. The van der Waals surface area contributed by atoms with Gasteiger partial charge in [-0.05, 0) is 48.0 Å². The third-order valence-electron chi connectivity index (χ3n) is 7.65. The van der Waals surface area contributed by atoms with Gasteiger partial charge in [0.25, 0.3) is 0 Å². The predicted molar refractivity (Wildman–Crippen MR) is 166 cm³/mol. The van der Waals surface area contributed by atoms with Gasteiger partial charge in [0.15, 0.2) is 0 Å². The second-order valence-electron chi connectivity index (χ2n) is 10.0. The minimum absolute atomic E-state index is 0.833. The molecule has 0 radical (unpaired) electrons. The molecule has 3 aromatic carbocycles. The summed E-state index contributed by atoms with van der Waals surface area (Å²) in [5.74, 6) is 0. The Kier molecular flexibility index (Phi) is 5.38. The molecule has 5 aromatic heterocycles. The Hall–Kier alpha value is -5.68. The van der Waals surface area contributed by atoms with Crippen LogP contribution in [0, 0.1) is 0 Å². The summed E-state index contributed by atoms with van der Waals surface area (Å²) in [7, 11) is 0. The minimum atomic E-state index is 0.833. The standard InChI is InChI=1S/C36H23N5/c1-2-12-34-30(10-1)31-17-19-37-23-35(31)41(34)28-9-3-7-25(20-28)26-13-15-32(39-21-26)33-16-14-27(22-40-33)29-11-4-6-24-8-5-18-38-36(24)29/h1-23H. The highest BCUT2D eigenvalue weighted by molar-refractivity contribution is 6.09. The first kappa shape index (κ1) is 23.2. The first-order valence-corrected chi connectivity index (χ1v) is 13.5. The van der Waals surface area contributed by atoms with Gasteiger partial charge < -0.3 is 4.57 Å². The molecule has 41 heavy (non-hydrogen) atoms. The van der Waals surface area contributed by atoms with Crippen LogP contribution >= 0.6 is 0 Å². The molecule has 0 fully saturated rings. The average molecular weight is 526 g/mol. The maximum atomic E-state index is 4.78. The fraction of sp³-hybridized carbons (Fsp3) is 0. The topological polar surface area (TPSA) is 56.5 Å². The Bertz CT molecular complexity index is 2140. The molecule has 0 aliphatic carbocycles. The maximum Gasteiger partial charge on any atom is 0.0886 e. The van der Waals surface area contributed by atoms with Gasteiger partial charge in [-0.1, -0.05) is 66.7 Å². The fourth-order valence-electron chi connectivity index (χ4n) is 5.68. The van der Waals surface area contributed by atoms with Gasteiger partial charge in [-0.3, -0.25) is 19.9 Å². The van der Waals surface area contributed by atoms with Crippen LogP contribution in [0.1, 0.15) is 0 Å². The zero-order valence-corrected chi connectivity index (χ0v) is 22.0. The monoisotopic (exact) mass is 525 g/mol. The van der Waals surface area contributed by atoms with Gasteiger partial charge in [-0.2, -0.15) is 0 Å². The lowest BCUT2D eigenvalue weighted by Gasteiger charge is -2.10. The zero-order valence-electron chi connectivity index (χ0n) is 22.0. The molecule has 0 saturated carbocycles. The Morgan fingerprint density at radius 1 is 0.488 bits per heavy atom. The van der Waals surface area contributed by atoms with E-state index in [0.717, 1.165) is 61.3 Å². The molecule has 5 nitrogen and oxygen atoms in total. The molecule has 0 N–H and O–H groups in total. The molecule has 0 amide bonds. The molecule has 5 heterocycles. The Morgan fingerprint density at radius 3 is 2.12 bits per heavy atom. The van der Waals surface area contributed by atoms with Gasteiger partial charge in [-0.15, -0.1) is 0 Å². The lowest BCUT2D eigenvalue weighted by molar-refractivity contribution is 1.17. The molecule has 5 heteroatoms. The summed E-state index contributed by atoms with van der Waals surface area (Å²) < 4.78 is 2.28. The first-order chi connectivity index (χ1) is 20.3. The number of benzene rings is 3. The Morgan fingerprint density at radius 2 is 1.27 bits per heavy atom. The number of pyridine rings is 4. The van der Waals surface area contributed by atoms with Crippen molar-refractivity contribution in [3.63, 3.8) is 0 Å². The SMILES string of the molecule is c1cc(-c2ccc(-c3ccc(-c4cccc5cccnc45)cn3)nc2)cc(-n2c3ccccc3c3ccncc32)c1. The number of hydrogen-bond donors (Lipinski definition) is 0. The number of aromatic nitrogens is 5. The maximum absolute atomic E-state index is 4.78. The molecule has 0 bridgehead atoms. The highest BCUT2D eigenvalue weighted by atomic mass is 15.0. The molecule has 0 atom stereocenters. The first-order valence-electron chi connectivity index (χ1n) is 13.5. The number of rotatable bonds is 4. The number of para-hydroxylation sites is 2. The van der Waals surface area contributed by atoms with Crippen molar-refractivity contribution >= 4 is 32.7 Å². The molecule has 0 spiro atoms. The van der Waals surface area contributed by atoms with Crippen LogP contribution in [0.3, 0.4) is 0 Å². The average Bonchev–Trinajstić information content (AvgIpc) is 3.39. The molecule has 192 valence electrons. The predicted octanol–water partition coefficient (Wildman–Crippen LogP) is 8.52. The van der Waals surface area contributed by atoms with E-state index in [2.05, 4.69) is 106 Å². The number of nitrogens with zero attached hydrogens (tertiary/aromatic N) is 5. The van der Waals surface area contributed by atoms with Crippen molar-refractivity contribution < 1.29 is 0 Å². The number of fused-ring (bicyclic) bond motifs is 4. The minimum Gasteiger partial charge on any atom is -0.308 e. The van der Waals surface area contributed by atoms with E-state index in [1.807, 2.05) is 49.2 Å². The van der Waals surface area contributed by atoms with Crippen LogP contribution in [-0.4, -0.2) is 24.5 Å². The summed E-state index contributed by atoms with van der Waals surface area (Å²) in [4.78, 5) is 18.5. The molecule has 0 saturated heterocycles. The molecule has 0 aliphatic rings. The molecule has 8 aromatic rings. The quantitative estimate of drug-likeness (QED) is 0.231. The van der Waals surface area contributed by atoms with Gasteiger partial charge >= 0.3 is 0 Å². The number of hydrogen-bond acceptors (Lipinski definition) is 4. The molecular formula is C36H23N5. The van der Waals surface area contributed by atoms with Crippen LogP contribution in [0.5, 0.6) is 0 Å². The smallest absolute Gasteiger partial charge is 0.0886 e. The Balaban J connectivity index is 1.12. The summed E-state index contributed by atoms with van der Waals surface area (Å²) in [6.45, 7) is 0. The van der Waals surface area contributed by atoms with Gasteiger partial charge in [0.05, 0.1) is 34.1 Å². The van der Waals surface area contributed by atoms with Crippen LogP contribution in [-0.2, 0) is 0 Å². The zero-order chi connectivity index (χ0) is 27.2. The highest BCUT2D eigenvalue weighted by Crippen LogP contribution is 2.33. The van der Waals surface area contributed by atoms with E-state index in [1.165, 1.54) is 10.8 Å². The summed E-state index contributed by atoms with van der Waals surface area (Å²) in [5, 5.41) is 3.53. The summed E-state index contributed by atoms with van der Waals surface area (Å²) in [6.07, 6.45) is 9.44. The van der Waals surface area contributed by atoms with Gasteiger partial charge in [-0.25, -0.2) is 0 Å². The van der Waals surface area contributed by atoms with Crippen molar-refractivity contribution in [3.8, 4) is 39.3 Å². The van der Waals surface area contributed by atoms with E-state index in [4.69, 9.17) is 9.97 Å². The largest absolute Gasteiger partial charge is 0.308 e. The van der Waals surface area contributed by atoms with Crippen LogP contribution in [0.15, 0.2) is 140 Å². The summed E-state index contributed by atoms with van der Waals surface area (Å²) in [5.41, 5.74) is 10.2. The third-order valence-corrected chi connectivity index (χ3v) is 7.65. The van der Waals surface area contributed by atoms with Gasteiger partial charge in [0.1, 0.15) is 0 Å². The van der Waals surface area contributed by atoms with E-state index in [-0.39, 0.29) is 0 Å². The van der Waals surface area contributed by atoms with Gasteiger partial charge in [0, 0.05) is 63.3 Å². The van der Waals surface area contributed by atoms with E-state index in [0.29, 0.717) is 0 Å². The summed E-state index contributed by atoms with van der Waals surface area (Å²) in [6, 6.07) is 37.7. The van der Waals surface area contributed by atoms with Crippen molar-refractivity contribution in [2.24, 2.45) is 0 Å². The molecule has 8 rings (SSSR count). The van der Waals surface area contributed by atoms with E-state index < -0.39 is 0 Å². The van der Waals surface area contributed by atoms with Crippen LogP contribution in [0.25, 0.3) is 72.0 Å². The van der Waals surface area contributed by atoms with Crippen molar-refractivity contribution in [2.75, 3.05) is 0 Å². The van der Waals surface area contributed by atoms with Crippen LogP contribution < -0.4 is 0 Å². The third kappa shape index (κ3) is 3.95. The van der Waals surface area contributed by atoms with E-state index in [1.54, 1.807) is 0 Å². The van der Waals surface area contributed by atoms with E-state index in [9.17, 15) is 0 Å².